The van der Waals surface area contributed by atoms with E-state index < -0.39 is 0 Å². The van der Waals surface area contributed by atoms with E-state index >= 15 is 0 Å². The number of anilines is 1. The predicted molar refractivity (Wildman–Crippen MR) is 63.0 cm³/mol. The average molecular weight is 208 g/mol. The molecule has 0 aliphatic heterocycles. The Balaban J connectivity index is 2.54. The Morgan fingerprint density at radius 1 is 1.33 bits per heavy atom. The SMILES string of the molecule is CCCCN(C)c1cnc(CNC)cn1. The third-order valence-electron chi connectivity index (χ3n) is 2.29. The summed E-state index contributed by atoms with van der Waals surface area (Å²) in [5.41, 5.74) is 0.977. The summed E-state index contributed by atoms with van der Waals surface area (Å²) in [7, 11) is 3.96. The Morgan fingerprint density at radius 3 is 2.67 bits per heavy atom. The van der Waals surface area contributed by atoms with E-state index in [0.717, 1.165) is 24.6 Å². The highest BCUT2D eigenvalue weighted by Gasteiger charge is 2.02. The van der Waals surface area contributed by atoms with Crippen molar-refractivity contribution < 1.29 is 0 Å². The van der Waals surface area contributed by atoms with Gasteiger partial charge in [-0.05, 0) is 13.5 Å². The lowest BCUT2D eigenvalue weighted by molar-refractivity contribution is 0.749. The van der Waals surface area contributed by atoms with Gasteiger partial charge in [0.1, 0.15) is 5.82 Å². The first-order valence-corrected chi connectivity index (χ1v) is 5.44. The molecule has 15 heavy (non-hydrogen) atoms. The molecule has 1 aromatic heterocycles. The minimum Gasteiger partial charge on any atom is -0.358 e. The van der Waals surface area contributed by atoms with Gasteiger partial charge in [-0.2, -0.15) is 0 Å². The summed E-state index contributed by atoms with van der Waals surface area (Å²) < 4.78 is 0. The van der Waals surface area contributed by atoms with Crippen LogP contribution in [0, 0.1) is 0 Å². The highest BCUT2D eigenvalue weighted by Crippen LogP contribution is 2.07. The highest BCUT2D eigenvalue weighted by atomic mass is 15.2. The molecule has 0 fully saturated rings. The second-order valence-corrected chi connectivity index (χ2v) is 3.67. The van der Waals surface area contributed by atoms with Crippen molar-refractivity contribution >= 4 is 5.82 Å². The van der Waals surface area contributed by atoms with Crippen molar-refractivity contribution in [2.45, 2.75) is 26.3 Å². The maximum atomic E-state index is 4.37. The number of hydrogen-bond donors (Lipinski definition) is 1. The minimum atomic E-state index is 0.770. The molecule has 0 saturated heterocycles. The van der Waals surface area contributed by atoms with Crippen LogP contribution in [0.25, 0.3) is 0 Å². The zero-order valence-corrected chi connectivity index (χ0v) is 9.82. The summed E-state index contributed by atoms with van der Waals surface area (Å²) in [4.78, 5) is 10.8. The van der Waals surface area contributed by atoms with E-state index in [1.165, 1.54) is 12.8 Å². The van der Waals surface area contributed by atoms with Crippen molar-refractivity contribution in [3.63, 3.8) is 0 Å². The zero-order valence-electron chi connectivity index (χ0n) is 9.82. The molecule has 0 aliphatic rings. The van der Waals surface area contributed by atoms with Crippen molar-refractivity contribution in [2.75, 3.05) is 25.5 Å². The summed E-state index contributed by atoms with van der Waals surface area (Å²) in [6, 6.07) is 0. The van der Waals surface area contributed by atoms with Crippen LogP contribution in [0.4, 0.5) is 5.82 Å². The number of nitrogens with zero attached hydrogens (tertiary/aromatic N) is 3. The molecular formula is C11H20N4. The van der Waals surface area contributed by atoms with E-state index in [2.05, 4.69) is 34.2 Å². The molecule has 0 radical (unpaired) electrons. The van der Waals surface area contributed by atoms with Crippen LogP contribution >= 0.6 is 0 Å². The molecule has 1 N–H and O–H groups in total. The first-order chi connectivity index (χ1) is 7.27. The lowest BCUT2D eigenvalue weighted by Crippen LogP contribution is -2.20. The molecular weight excluding hydrogens is 188 g/mol. The number of nitrogens with one attached hydrogen (secondary N) is 1. The first kappa shape index (κ1) is 11.9. The number of unbranched alkanes of at least 4 members (excludes halogenated alkanes) is 1. The van der Waals surface area contributed by atoms with Crippen molar-refractivity contribution in [3.05, 3.63) is 18.1 Å². The Kier molecular flexibility index (Phi) is 5.04. The second-order valence-electron chi connectivity index (χ2n) is 3.67. The van der Waals surface area contributed by atoms with Crippen LogP contribution in [0.2, 0.25) is 0 Å². The molecule has 0 bridgehead atoms. The van der Waals surface area contributed by atoms with Gasteiger partial charge in [-0.15, -0.1) is 0 Å². The summed E-state index contributed by atoms with van der Waals surface area (Å²) in [5.74, 6) is 0.948. The summed E-state index contributed by atoms with van der Waals surface area (Å²) >= 11 is 0. The van der Waals surface area contributed by atoms with Gasteiger partial charge in [-0.1, -0.05) is 13.3 Å². The van der Waals surface area contributed by atoms with Crippen molar-refractivity contribution in [1.82, 2.24) is 15.3 Å². The fraction of sp³-hybridized carbons (Fsp3) is 0.636. The molecule has 4 nitrogen and oxygen atoms in total. The van der Waals surface area contributed by atoms with Crippen molar-refractivity contribution in [3.8, 4) is 0 Å². The number of aromatic nitrogens is 2. The summed E-state index contributed by atoms with van der Waals surface area (Å²) in [5, 5.41) is 3.05. The van der Waals surface area contributed by atoms with E-state index in [0.29, 0.717) is 0 Å². The zero-order chi connectivity index (χ0) is 11.1. The molecule has 1 heterocycles. The smallest absolute Gasteiger partial charge is 0.146 e. The van der Waals surface area contributed by atoms with Crippen molar-refractivity contribution in [1.29, 1.82) is 0 Å². The third-order valence-corrected chi connectivity index (χ3v) is 2.29. The van der Waals surface area contributed by atoms with E-state index in [9.17, 15) is 0 Å². The van der Waals surface area contributed by atoms with Gasteiger partial charge >= 0.3 is 0 Å². The molecule has 84 valence electrons. The summed E-state index contributed by atoms with van der Waals surface area (Å²) in [6.07, 6.45) is 6.06. The number of hydrogen-bond acceptors (Lipinski definition) is 4. The van der Waals surface area contributed by atoms with Gasteiger partial charge in [0.25, 0.3) is 0 Å². The maximum Gasteiger partial charge on any atom is 0.146 e. The molecule has 1 aromatic rings. The Bertz CT molecular complexity index is 270. The van der Waals surface area contributed by atoms with Crippen LogP contribution in [-0.2, 0) is 6.54 Å². The monoisotopic (exact) mass is 208 g/mol. The molecule has 4 heteroatoms. The maximum absolute atomic E-state index is 4.37. The van der Waals surface area contributed by atoms with Gasteiger partial charge in [0.15, 0.2) is 0 Å². The third kappa shape index (κ3) is 3.83. The van der Waals surface area contributed by atoms with Crippen molar-refractivity contribution in [2.24, 2.45) is 0 Å². The summed E-state index contributed by atoms with van der Waals surface area (Å²) in [6.45, 7) is 4.00. The van der Waals surface area contributed by atoms with Gasteiger partial charge in [-0.25, -0.2) is 4.98 Å². The highest BCUT2D eigenvalue weighted by molar-refractivity contribution is 5.34. The van der Waals surface area contributed by atoms with Crippen LogP contribution < -0.4 is 10.2 Å². The van der Waals surface area contributed by atoms with Crippen LogP contribution in [0.1, 0.15) is 25.5 Å². The first-order valence-electron chi connectivity index (χ1n) is 5.44. The van der Waals surface area contributed by atoms with E-state index in [1.54, 1.807) is 0 Å². The lowest BCUT2D eigenvalue weighted by atomic mass is 10.3. The Labute approximate surface area is 91.7 Å². The quantitative estimate of drug-likeness (QED) is 0.768. The standard InChI is InChI=1S/C11H20N4/c1-4-5-6-15(3)11-9-13-10(7-12-2)8-14-11/h8-9,12H,4-7H2,1-3H3. The molecule has 0 amide bonds. The van der Waals surface area contributed by atoms with Gasteiger partial charge < -0.3 is 10.2 Å². The normalized spacial score (nSPS) is 10.3. The van der Waals surface area contributed by atoms with Crippen LogP contribution in [0.5, 0.6) is 0 Å². The Hall–Kier alpha value is -1.16. The van der Waals surface area contributed by atoms with Crippen LogP contribution in [0.3, 0.4) is 0 Å². The van der Waals surface area contributed by atoms with E-state index in [1.807, 2.05) is 19.4 Å². The van der Waals surface area contributed by atoms with Crippen LogP contribution in [0.15, 0.2) is 12.4 Å². The molecule has 1 rings (SSSR count). The molecule has 0 unspecified atom stereocenters. The van der Waals surface area contributed by atoms with E-state index in [4.69, 9.17) is 0 Å². The topological polar surface area (TPSA) is 41.1 Å². The molecule has 0 atom stereocenters. The minimum absolute atomic E-state index is 0.770. The Morgan fingerprint density at radius 2 is 2.13 bits per heavy atom. The lowest BCUT2D eigenvalue weighted by Gasteiger charge is -2.17. The number of rotatable bonds is 6. The fourth-order valence-electron chi connectivity index (χ4n) is 1.33. The average Bonchev–Trinajstić information content (AvgIpc) is 2.27. The van der Waals surface area contributed by atoms with Gasteiger partial charge in [0, 0.05) is 20.1 Å². The second kappa shape index (κ2) is 6.35. The predicted octanol–water partition coefficient (Wildman–Crippen LogP) is 1.43. The van der Waals surface area contributed by atoms with Gasteiger partial charge in [0.05, 0.1) is 18.1 Å². The van der Waals surface area contributed by atoms with Gasteiger partial charge in [-0.3, -0.25) is 4.98 Å². The van der Waals surface area contributed by atoms with Crippen LogP contribution in [-0.4, -0.2) is 30.6 Å². The fourth-order valence-corrected chi connectivity index (χ4v) is 1.33. The molecule has 0 aromatic carbocycles. The molecule has 0 aliphatic carbocycles. The van der Waals surface area contributed by atoms with E-state index in [-0.39, 0.29) is 0 Å². The largest absolute Gasteiger partial charge is 0.358 e. The molecule has 0 saturated carbocycles. The van der Waals surface area contributed by atoms with Gasteiger partial charge in [0.2, 0.25) is 0 Å². The molecule has 0 spiro atoms.